The van der Waals surface area contributed by atoms with Crippen LogP contribution in [0.5, 0.6) is 0 Å². The summed E-state index contributed by atoms with van der Waals surface area (Å²) in [7, 11) is 1.18. The minimum Gasteiger partial charge on any atom is -0.468 e. The first kappa shape index (κ1) is 19.4. The van der Waals surface area contributed by atoms with Crippen molar-refractivity contribution in [2.45, 2.75) is 25.7 Å². The van der Waals surface area contributed by atoms with Crippen LogP contribution in [0.1, 0.15) is 31.2 Å². The van der Waals surface area contributed by atoms with E-state index in [1.165, 1.54) is 13.4 Å². The van der Waals surface area contributed by atoms with Gasteiger partial charge >= 0.3 is 5.97 Å². The SMILES string of the molecule is CC=CCCC(=O)C(C(=O)OC)C(C[N+](=O)[O-])c1ccc2occc2c1. The molecular formula is C19H21NO6. The Kier molecular flexibility index (Phi) is 6.66. The Morgan fingerprint density at radius 1 is 1.35 bits per heavy atom. The number of benzene rings is 1. The number of hydrogen-bond acceptors (Lipinski definition) is 6. The molecule has 26 heavy (non-hydrogen) atoms. The molecular weight excluding hydrogens is 338 g/mol. The molecule has 138 valence electrons. The number of hydrogen-bond donors (Lipinski definition) is 0. The summed E-state index contributed by atoms with van der Waals surface area (Å²) in [5.74, 6) is -3.25. The Morgan fingerprint density at radius 2 is 2.12 bits per heavy atom. The largest absolute Gasteiger partial charge is 0.468 e. The molecule has 7 heteroatoms. The molecule has 0 bridgehead atoms. The molecule has 1 heterocycles. The number of nitrogens with zero attached hydrogens (tertiary/aromatic N) is 1. The van der Waals surface area contributed by atoms with Gasteiger partial charge in [0.05, 0.1) is 19.3 Å². The van der Waals surface area contributed by atoms with E-state index >= 15 is 0 Å². The lowest BCUT2D eigenvalue weighted by atomic mass is 9.81. The number of esters is 1. The summed E-state index contributed by atoms with van der Waals surface area (Å²) in [6.07, 6.45) is 5.71. The zero-order valence-corrected chi connectivity index (χ0v) is 14.7. The van der Waals surface area contributed by atoms with Gasteiger partial charge in [0, 0.05) is 16.7 Å². The molecule has 7 nitrogen and oxygen atoms in total. The number of ether oxygens (including phenoxy) is 1. The summed E-state index contributed by atoms with van der Waals surface area (Å²) in [5, 5.41) is 12.0. The summed E-state index contributed by atoms with van der Waals surface area (Å²) < 4.78 is 10.1. The second-order valence-corrected chi connectivity index (χ2v) is 5.91. The molecule has 0 fully saturated rings. The van der Waals surface area contributed by atoms with Crippen LogP contribution in [0.3, 0.4) is 0 Å². The highest BCUT2D eigenvalue weighted by Crippen LogP contribution is 2.31. The van der Waals surface area contributed by atoms with Crippen molar-refractivity contribution in [3.05, 3.63) is 58.4 Å². The van der Waals surface area contributed by atoms with E-state index in [1.54, 1.807) is 24.3 Å². The van der Waals surface area contributed by atoms with Crippen molar-refractivity contribution < 1.29 is 23.7 Å². The first-order chi connectivity index (χ1) is 12.5. The fourth-order valence-corrected chi connectivity index (χ4v) is 2.97. The number of rotatable bonds is 9. The first-order valence-electron chi connectivity index (χ1n) is 8.28. The molecule has 2 unspecified atom stereocenters. The summed E-state index contributed by atoms with van der Waals surface area (Å²) in [6, 6.07) is 6.76. The summed E-state index contributed by atoms with van der Waals surface area (Å²) >= 11 is 0. The first-order valence-corrected chi connectivity index (χ1v) is 8.28. The molecule has 0 aliphatic carbocycles. The molecule has 0 N–H and O–H groups in total. The summed E-state index contributed by atoms with van der Waals surface area (Å²) in [6.45, 7) is 1.29. The fraction of sp³-hybridized carbons (Fsp3) is 0.368. The van der Waals surface area contributed by atoms with Gasteiger partial charge in [0.25, 0.3) is 0 Å². The van der Waals surface area contributed by atoms with Gasteiger partial charge in [-0.15, -0.1) is 0 Å². The second-order valence-electron chi connectivity index (χ2n) is 5.91. The molecule has 0 radical (unpaired) electrons. The molecule has 1 aromatic heterocycles. The van der Waals surface area contributed by atoms with Gasteiger partial charge in [-0.05, 0) is 37.1 Å². The van der Waals surface area contributed by atoms with Crippen molar-refractivity contribution in [3.63, 3.8) is 0 Å². The van der Waals surface area contributed by atoms with Crippen LogP contribution in [0.4, 0.5) is 0 Å². The van der Waals surface area contributed by atoms with Gasteiger partial charge in [0.15, 0.2) is 0 Å². The highest BCUT2D eigenvalue weighted by Gasteiger charge is 2.39. The van der Waals surface area contributed by atoms with E-state index in [0.29, 0.717) is 17.6 Å². The number of furan rings is 1. The Balaban J connectivity index is 2.42. The van der Waals surface area contributed by atoms with Gasteiger partial charge in [0.2, 0.25) is 6.54 Å². The zero-order chi connectivity index (χ0) is 19.1. The molecule has 0 spiro atoms. The molecule has 0 aliphatic heterocycles. The lowest BCUT2D eigenvalue weighted by Crippen LogP contribution is -2.34. The van der Waals surface area contributed by atoms with Crippen LogP contribution in [0.2, 0.25) is 0 Å². The normalized spacial score (nSPS) is 13.6. The minimum absolute atomic E-state index is 0.117. The molecule has 0 amide bonds. The molecule has 0 saturated carbocycles. The van der Waals surface area contributed by atoms with Gasteiger partial charge in [-0.3, -0.25) is 19.7 Å². The average Bonchev–Trinajstić information content (AvgIpc) is 3.08. The third-order valence-electron chi connectivity index (χ3n) is 4.25. The summed E-state index contributed by atoms with van der Waals surface area (Å²) in [5.41, 5.74) is 1.16. The number of nitro groups is 1. The highest BCUT2D eigenvalue weighted by molar-refractivity contribution is 6.00. The van der Waals surface area contributed by atoms with Crippen LogP contribution in [-0.4, -0.2) is 30.3 Å². The predicted molar refractivity (Wildman–Crippen MR) is 95.4 cm³/mol. The van der Waals surface area contributed by atoms with Crippen LogP contribution in [0.25, 0.3) is 11.0 Å². The third-order valence-corrected chi connectivity index (χ3v) is 4.25. The Bertz CT molecular complexity index is 822. The average molecular weight is 359 g/mol. The number of fused-ring (bicyclic) bond motifs is 1. The Morgan fingerprint density at radius 3 is 2.77 bits per heavy atom. The van der Waals surface area contributed by atoms with Crippen molar-refractivity contribution in [2.24, 2.45) is 5.92 Å². The third kappa shape index (κ3) is 4.56. The zero-order valence-electron chi connectivity index (χ0n) is 14.7. The molecule has 2 atom stereocenters. The monoisotopic (exact) mass is 359 g/mol. The van der Waals surface area contributed by atoms with Crippen LogP contribution >= 0.6 is 0 Å². The Labute approximate surface area is 150 Å². The van der Waals surface area contributed by atoms with E-state index in [0.717, 1.165) is 5.39 Å². The number of carbonyl (C=O) groups is 2. The van der Waals surface area contributed by atoms with Crippen molar-refractivity contribution in [1.82, 2.24) is 0 Å². The topological polar surface area (TPSA) is 99.7 Å². The maximum absolute atomic E-state index is 12.7. The Hall–Kier alpha value is -2.96. The van der Waals surface area contributed by atoms with Crippen LogP contribution in [0.15, 0.2) is 47.1 Å². The molecule has 1 aromatic carbocycles. The number of carbonyl (C=O) groups excluding carboxylic acids is 2. The minimum atomic E-state index is -1.22. The van der Waals surface area contributed by atoms with Crippen molar-refractivity contribution >= 4 is 22.7 Å². The summed E-state index contributed by atoms with van der Waals surface area (Å²) in [4.78, 5) is 35.6. The standard InChI is InChI=1S/C19H21NO6/c1-3-4-5-6-16(21)18(19(22)25-2)15(12-20(23)24)13-7-8-17-14(11-13)9-10-26-17/h3-4,7-11,15,18H,5-6,12H2,1-2H3. The number of Topliss-reactive ketones (excluding diaryl/α,β-unsaturated/α-hetero) is 1. The van der Waals surface area contributed by atoms with E-state index in [1.807, 2.05) is 19.1 Å². The quantitative estimate of drug-likeness (QED) is 0.223. The van der Waals surface area contributed by atoms with E-state index in [2.05, 4.69) is 0 Å². The molecule has 2 aromatic rings. The molecule has 0 saturated heterocycles. The van der Waals surface area contributed by atoms with Crippen LogP contribution < -0.4 is 0 Å². The maximum Gasteiger partial charge on any atom is 0.317 e. The fourth-order valence-electron chi connectivity index (χ4n) is 2.97. The lowest BCUT2D eigenvalue weighted by Gasteiger charge is -2.21. The number of ketones is 1. The van der Waals surface area contributed by atoms with E-state index in [4.69, 9.17) is 9.15 Å². The van der Waals surface area contributed by atoms with Gasteiger partial charge in [-0.2, -0.15) is 0 Å². The molecule has 0 aliphatic rings. The number of allylic oxidation sites excluding steroid dienone is 2. The van der Waals surface area contributed by atoms with Crippen LogP contribution in [0, 0.1) is 16.0 Å². The second kappa shape index (κ2) is 8.94. The van der Waals surface area contributed by atoms with Crippen molar-refractivity contribution in [1.29, 1.82) is 0 Å². The van der Waals surface area contributed by atoms with E-state index in [-0.39, 0.29) is 12.2 Å². The predicted octanol–water partition coefficient (Wildman–Crippen LogP) is 3.51. The highest BCUT2D eigenvalue weighted by atomic mass is 16.6. The lowest BCUT2D eigenvalue weighted by molar-refractivity contribution is -0.484. The van der Waals surface area contributed by atoms with Gasteiger partial charge in [-0.25, -0.2) is 0 Å². The maximum atomic E-state index is 12.7. The van der Waals surface area contributed by atoms with E-state index < -0.39 is 29.3 Å². The molecule has 2 rings (SSSR count). The van der Waals surface area contributed by atoms with Crippen molar-refractivity contribution in [2.75, 3.05) is 13.7 Å². The van der Waals surface area contributed by atoms with Gasteiger partial charge in [-0.1, -0.05) is 18.2 Å². The van der Waals surface area contributed by atoms with Crippen LogP contribution in [-0.2, 0) is 14.3 Å². The smallest absolute Gasteiger partial charge is 0.317 e. The van der Waals surface area contributed by atoms with Gasteiger partial charge < -0.3 is 9.15 Å². The van der Waals surface area contributed by atoms with E-state index in [9.17, 15) is 19.7 Å². The van der Waals surface area contributed by atoms with Gasteiger partial charge in [0.1, 0.15) is 17.3 Å². The van der Waals surface area contributed by atoms with Crippen molar-refractivity contribution in [3.8, 4) is 0 Å². The number of methoxy groups -OCH3 is 1.